The van der Waals surface area contributed by atoms with Gasteiger partial charge in [-0.25, -0.2) is 4.57 Å². The van der Waals surface area contributed by atoms with Crippen LogP contribution in [0, 0.1) is 0 Å². The Kier molecular flexibility index (Phi) is 41.4. The summed E-state index contributed by atoms with van der Waals surface area (Å²) in [5.41, 5.74) is 0. The molecule has 0 amide bonds. The van der Waals surface area contributed by atoms with Gasteiger partial charge in [-0.1, -0.05) is 186 Å². The number of aliphatic hydroxyl groups excluding tert-OH is 2. The van der Waals surface area contributed by atoms with Gasteiger partial charge in [0.1, 0.15) is 12.7 Å². The molecule has 10 nitrogen and oxygen atoms in total. The van der Waals surface area contributed by atoms with Crippen LogP contribution in [-0.4, -0.2) is 65.7 Å². The molecule has 0 fully saturated rings. The van der Waals surface area contributed by atoms with Crippen molar-refractivity contribution in [1.82, 2.24) is 0 Å². The Hall–Kier alpha value is -1.55. The van der Waals surface area contributed by atoms with Crippen molar-refractivity contribution >= 4 is 19.8 Å². The van der Waals surface area contributed by atoms with Gasteiger partial charge in [0.15, 0.2) is 6.10 Å². The van der Waals surface area contributed by atoms with Crippen molar-refractivity contribution in [3.8, 4) is 0 Å². The van der Waals surface area contributed by atoms with E-state index in [2.05, 4.69) is 38.2 Å². The van der Waals surface area contributed by atoms with E-state index >= 15 is 0 Å². The molecule has 0 aliphatic carbocycles. The molecular formula is C46H87O10P. The van der Waals surface area contributed by atoms with Crippen molar-refractivity contribution in [3.63, 3.8) is 0 Å². The molecule has 3 N–H and O–H groups in total. The molecule has 3 unspecified atom stereocenters. The number of esters is 2. The minimum Gasteiger partial charge on any atom is -0.462 e. The third-order valence-electron chi connectivity index (χ3n) is 10.1. The topological polar surface area (TPSA) is 149 Å². The lowest BCUT2D eigenvalue weighted by atomic mass is 10.0. The van der Waals surface area contributed by atoms with Crippen LogP contribution in [0.1, 0.15) is 219 Å². The number of aliphatic hydroxyl groups is 2. The van der Waals surface area contributed by atoms with Crippen molar-refractivity contribution in [3.05, 3.63) is 24.3 Å². The van der Waals surface area contributed by atoms with Gasteiger partial charge in [-0.15, -0.1) is 0 Å². The number of phosphoric ester groups is 1. The van der Waals surface area contributed by atoms with Crippen LogP contribution in [-0.2, 0) is 32.7 Å². The van der Waals surface area contributed by atoms with Crippen LogP contribution in [0.25, 0.3) is 0 Å². The van der Waals surface area contributed by atoms with Crippen molar-refractivity contribution < 1.29 is 47.8 Å². The lowest BCUT2D eigenvalue weighted by Crippen LogP contribution is -2.29. The van der Waals surface area contributed by atoms with E-state index in [9.17, 15) is 24.2 Å². The molecule has 0 radical (unpaired) electrons. The smallest absolute Gasteiger partial charge is 0.462 e. The second kappa shape index (κ2) is 42.6. The van der Waals surface area contributed by atoms with Gasteiger partial charge in [-0.05, 0) is 44.9 Å². The van der Waals surface area contributed by atoms with Crippen LogP contribution in [0.3, 0.4) is 0 Å². The molecule has 0 aromatic rings. The summed E-state index contributed by atoms with van der Waals surface area (Å²) >= 11 is 0. The monoisotopic (exact) mass is 831 g/mol. The van der Waals surface area contributed by atoms with Gasteiger partial charge in [-0.2, -0.15) is 0 Å². The maximum atomic E-state index is 12.6. The lowest BCUT2D eigenvalue weighted by molar-refractivity contribution is -0.161. The summed E-state index contributed by atoms with van der Waals surface area (Å²) in [6, 6.07) is 0. The lowest BCUT2D eigenvalue weighted by Gasteiger charge is -2.20. The fourth-order valence-corrected chi connectivity index (χ4v) is 7.28. The summed E-state index contributed by atoms with van der Waals surface area (Å²) in [7, 11) is -4.62. The Morgan fingerprint density at radius 1 is 0.526 bits per heavy atom. The van der Waals surface area contributed by atoms with E-state index < -0.39 is 51.8 Å². The molecule has 0 rings (SSSR count). The van der Waals surface area contributed by atoms with Crippen LogP contribution in [0.15, 0.2) is 24.3 Å². The second-order valence-electron chi connectivity index (χ2n) is 15.8. The van der Waals surface area contributed by atoms with Gasteiger partial charge >= 0.3 is 19.8 Å². The molecule has 336 valence electrons. The van der Waals surface area contributed by atoms with E-state index in [1.165, 1.54) is 128 Å². The molecule has 0 spiro atoms. The highest BCUT2D eigenvalue weighted by Crippen LogP contribution is 2.43. The van der Waals surface area contributed by atoms with Crippen molar-refractivity contribution in [2.24, 2.45) is 0 Å². The van der Waals surface area contributed by atoms with E-state index in [0.717, 1.165) is 51.4 Å². The Morgan fingerprint density at radius 3 is 1.39 bits per heavy atom. The molecule has 0 saturated heterocycles. The number of hydrogen-bond donors (Lipinski definition) is 3. The Bertz CT molecular complexity index is 1000. The second-order valence-corrected chi connectivity index (χ2v) is 17.2. The third kappa shape index (κ3) is 42.4. The summed E-state index contributed by atoms with van der Waals surface area (Å²) < 4.78 is 32.8. The first-order valence-electron chi connectivity index (χ1n) is 23.3. The molecule has 11 heteroatoms. The molecular weight excluding hydrogens is 743 g/mol. The predicted octanol–water partition coefficient (Wildman–Crippen LogP) is 12.6. The Morgan fingerprint density at radius 2 is 0.912 bits per heavy atom. The molecule has 0 heterocycles. The van der Waals surface area contributed by atoms with Crippen LogP contribution < -0.4 is 0 Å². The highest BCUT2D eigenvalue weighted by Gasteiger charge is 2.27. The third-order valence-corrected chi connectivity index (χ3v) is 11.1. The standard InChI is InChI=1S/C46H87O10P/c1-3-5-7-9-11-13-15-17-19-20-21-22-24-26-28-30-32-34-36-38-46(50)56-44(42-55-57(51,52)54-40-43(48)39-47)41-53-45(49)37-35-33-31-29-27-25-23-18-16-14-12-10-8-6-4-2/h11,13,17,19,43-44,47-48H,3-10,12,14-16,18,20-42H2,1-2H3,(H,51,52)/b13-11-,19-17-. The van der Waals surface area contributed by atoms with Crippen molar-refractivity contribution in [2.45, 2.75) is 232 Å². The first kappa shape index (κ1) is 55.5. The van der Waals surface area contributed by atoms with E-state index in [0.29, 0.717) is 12.8 Å². The van der Waals surface area contributed by atoms with Gasteiger partial charge in [0, 0.05) is 12.8 Å². The van der Waals surface area contributed by atoms with Crippen molar-refractivity contribution in [2.75, 3.05) is 26.4 Å². The zero-order valence-electron chi connectivity index (χ0n) is 36.6. The van der Waals surface area contributed by atoms with E-state index in [-0.39, 0.29) is 19.4 Å². The normalized spacial score (nSPS) is 14.0. The number of carbonyl (C=O) groups is 2. The average Bonchev–Trinajstić information content (AvgIpc) is 3.20. The molecule has 0 aromatic heterocycles. The summed E-state index contributed by atoms with van der Waals surface area (Å²) in [5, 5.41) is 18.4. The van der Waals surface area contributed by atoms with E-state index in [4.69, 9.17) is 23.6 Å². The number of phosphoric acid groups is 1. The quantitative estimate of drug-likeness (QED) is 0.0234. The molecule has 57 heavy (non-hydrogen) atoms. The van der Waals surface area contributed by atoms with Gasteiger partial charge in [0.2, 0.25) is 0 Å². The molecule has 3 atom stereocenters. The summed E-state index contributed by atoms with van der Waals surface area (Å²) in [6.07, 6.45) is 42.8. The van der Waals surface area contributed by atoms with Gasteiger partial charge in [-0.3, -0.25) is 18.6 Å². The van der Waals surface area contributed by atoms with Crippen LogP contribution in [0.4, 0.5) is 0 Å². The number of allylic oxidation sites excluding steroid dienone is 4. The fraction of sp³-hybridized carbons (Fsp3) is 0.870. The van der Waals surface area contributed by atoms with Gasteiger partial charge in [0.05, 0.1) is 19.8 Å². The zero-order valence-corrected chi connectivity index (χ0v) is 37.5. The molecule has 0 saturated carbocycles. The molecule has 0 aliphatic heterocycles. The Labute approximate surface area is 348 Å². The number of hydrogen-bond acceptors (Lipinski definition) is 9. The maximum absolute atomic E-state index is 12.6. The highest BCUT2D eigenvalue weighted by molar-refractivity contribution is 7.47. The molecule has 0 bridgehead atoms. The first-order chi connectivity index (χ1) is 27.7. The van der Waals surface area contributed by atoms with Crippen LogP contribution >= 0.6 is 7.82 Å². The van der Waals surface area contributed by atoms with Gasteiger partial charge in [0.25, 0.3) is 0 Å². The molecule has 0 aliphatic rings. The molecule has 0 aromatic carbocycles. The average molecular weight is 831 g/mol. The minimum atomic E-state index is -4.62. The zero-order chi connectivity index (χ0) is 41.9. The van der Waals surface area contributed by atoms with E-state index in [1.807, 2.05) is 0 Å². The number of rotatable bonds is 44. The van der Waals surface area contributed by atoms with Crippen molar-refractivity contribution in [1.29, 1.82) is 0 Å². The summed E-state index contributed by atoms with van der Waals surface area (Å²) in [4.78, 5) is 35.1. The highest BCUT2D eigenvalue weighted by atomic mass is 31.2. The largest absolute Gasteiger partial charge is 0.472 e. The van der Waals surface area contributed by atoms with E-state index in [1.54, 1.807) is 0 Å². The fourth-order valence-electron chi connectivity index (χ4n) is 6.50. The summed E-state index contributed by atoms with van der Waals surface area (Å²) in [5.74, 6) is -0.919. The summed E-state index contributed by atoms with van der Waals surface area (Å²) in [6.45, 7) is 2.38. The SMILES string of the molecule is CCCCC/C=C\C/C=C\CCCCCCCCCCCC(=O)OC(COC(=O)CCCCCCCCCCCCCCCCC)COP(=O)(O)OCC(O)CO. The number of ether oxygens (including phenoxy) is 2. The maximum Gasteiger partial charge on any atom is 0.472 e. The minimum absolute atomic E-state index is 0.182. The van der Waals surface area contributed by atoms with Crippen LogP contribution in [0.5, 0.6) is 0 Å². The first-order valence-corrected chi connectivity index (χ1v) is 24.8. The Balaban J connectivity index is 4.23. The predicted molar refractivity (Wildman–Crippen MR) is 233 cm³/mol. The number of carbonyl (C=O) groups excluding carboxylic acids is 2. The number of unbranched alkanes of at least 4 members (excludes halogenated alkanes) is 26. The van der Waals surface area contributed by atoms with Crippen LogP contribution in [0.2, 0.25) is 0 Å². The van der Waals surface area contributed by atoms with Gasteiger partial charge < -0.3 is 24.6 Å².